The Balaban J connectivity index is 1.72. The molecule has 1 saturated heterocycles. The Morgan fingerprint density at radius 2 is 1.80 bits per heavy atom. The lowest BCUT2D eigenvalue weighted by Crippen LogP contribution is -2.42. The number of anilines is 1. The predicted octanol–water partition coefficient (Wildman–Crippen LogP) is 0.743. The van der Waals surface area contributed by atoms with E-state index < -0.39 is 0 Å². The highest BCUT2D eigenvalue weighted by Gasteiger charge is 2.31. The second-order valence-electron chi connectivity index (χ2n) is 5.77. The Morgan fingerprint density at radius 3 is 2.35 bits per heavy atom. The average Bonchev–Trinajstić information content (AvgIpc) is 3.21. The number of aromatic nitrogens is 1. The van der Waals surface area contributed by atoms with Crippen molar-refractivity contribution in [1.82, 2.24) is 9.47 Å². The van der Waals surface area contributed by atoms with Gasteiger partial charge in [0.1, 0.15) is 5.69 Å². The molecule has 6 heteroatoms. The summed E-state index contributed by atoms with van der Waals surface area (Å²) in [6.45, 7) is 1.17. The lowest BCUT2D eigenvalue weighted by atomic mass is 9.96. The van der Waals surface area contributed by atoms with Crippen LogP contribution in [-0.2, 0) is 4.79 Å². The van der Waals surface area contributed by atoms with Crippen LogP contribution in [0.25, 0.3) is 0 Å². The Labute approximate surface area is 117 Å². The van der Waals surface area contributed by atoms with Crippen LogP contribution in [0, 0.1) is 5.92 Å². The Morgan fingerprint density at radius 1 is 1.15 bits per heavy atom. The minimum absolute atomic E-state index is 0.0107. The molecule has 0 radical (unpaired) electrons. The average molecular weight is 276 g/mol. The van der Waals surface area contributed by atoms with Gasteiger partial charge in [0, 0.05) is 31.2 Å². The van der Waals surface area contributed by atoms with Crippen LogP contribution in [-0.4, -0.2) is 34.4 Å². The maximum absolute atomic E-state index is 12.6. The first-order valence-electron chi connectivity index (χ1n) is 7.12. The van der Waals surface area contributed by atoms with Gasteiger partial charge in [-0.2, -0.15) is 0 Å². The lowest BCUT2D eigenvalue weighted by Gasteiger charge is -2.30. The quantitative estimate of drug-likeness (QED) is 0.852. The summed E-state index contributed by atoms with van der Waals surface area (Å²) in [6, 6.07) is 2.18. The van der Waals surface area contributed by atoms with E-state index in [0.717, 1.165) is 12.8 Å². The van der Waals surface area contributed by atoms with E-state index in [0.29, 0.717) is 43.4 Å². The second kappa shape index (κ2) is 4.85. The number of amides is 2. The van der Waals surface area contributed by atoms with E-state index >= 15 is 0 Å². The van der Waals surface area contributed by atoms with Crippen molar-refractivity contribution in [1.29, 1.82) is 0 Å². The summed E-state index contributed by atoms with van der Waals surface area (Å²) in [5, 5.41) is 0. The fraction of sp³-hybridized carbons (Fsp3) is 0.571. The van der Waals surface area contributed by atoms with E-state index in [1.807, 2.05) is 10.8 Å². The van der Waals surface area contributed by atoms with Gasteiger partial charge in [0.15, 0.2) is 0 Å². The zero-order chi connectivity index (χ0) is 14.3. The molecule has 0 unspecified atom stereocenters. The number of carbonyl (C=O) groups is 2. The monoisotopic (exact) mass is 276 g/mol. The van der Waals surface area contributed by atoms with Crippen molar-refractivity contribution in [3.05, 3.63) is 18.0 Å². The molecule has 2 fully saturated rings. The molecule has 0 atom stereocenters. The van der Waals surface area contributed by atoms with Gasteiger partial charge in [-0.25, -0.2) is 0 Å². The molecule has 3 rings (SSSR count). The standard InChI is InChI=1S/C14H20N4O2/c15-10-7-12(18(8-10)11-1-2-11)14(20)17-5-3-9(4-6-17)13(16)19/h7-9,11H,1-6,15H2,(H2,16,19). The van der Waals surface area contributed by atoms with E-state index in [1.165, 1.54) is 0 Å². The van der Waals surface area contributed by atoms with E-state index in [1.54, 1.807) is 11.0 Å². The number of nitrogen functional groups attached to an aromatic ring is 1. The number of primary amides is 1. The summed E-state index contributed by atoms with van der Waals surface area (Å²) < 4.78 is 2.00. The molecule has 2 heterocycles. The summed E-state index contributed by atoms with van der Waals surface area (Å²) in [5.74, 6) is -0.349. The van der Waals surface area contributed by atoms with Crippen molar-refractivity contribution in [3.63, 3.8) is 0 Å². The number of rotatable bonds is 3. The van der Waals surface area contributed by atoms with Gasteiger partial charge < -0.3 is 20.9 Å². The first-order chi connectivity index (χ1) is 9.56. The fourth-order valence-corrected chi connectivity index (χ4v) is 2.86. The van der Waals surface area contributed by atoms with Gasteiger partial charge in [-0.3, -0.25) is 9.59 Å². The van der Waals surface area contributed by atoms with Gasteiger partial charge in [0.05, 0.1) is 5.69 Å². The third-order valence-corrected chi connectivity index (χ3v) is 4.21. The summed E-state index contributed by atoms with van der Waals surface area (Å²) in [6.07, 6.45) is 5.37. The molecule has 1 saturated carbocycles. The summed E-state index contributed by atoms with van der Waals surface area (Å²) in [7, 11) is 0. The second-order valence-corrected chi connectivity index (χ2v) is 5.77. The maximum atomic E-state index is 12.6. The van der Waals surface area contributed by atoms with Gasteiger partial charge in [-0.05, 0) is 31.7 Å². The molecule has 1 aromatic rings. The van der Waals surface area contributed by atoms with Gasteiger partial charge in [0.25, 0.3) is 5.91 Å². The number of likely N-dealkylation sites (tertiary alicyclic amines) is 1. The molecule has 1 aliphatic heterocycles. The predicted molar refractivity (Wildman–Crippen MR) is 74.9 cm³/mol. The van der Waals surface area contributed by atoms with Gasteiger partial charge in [-0.15, -0.1) is 0 Å². The van der Waals surface area contributed by atoms with E-state index in [9.17, 15) is 9.59 Å². The van der Waals surface area contributed by atoms with Crippen molar-refractivity contribution >= 4 is 17.5 Å². The maximum Gasteiger partial charge on any atom is 0.270 e. The third-order valence-electron chi connectivity index (χ3n) is 4.21. The molecule has 2 aliphatic rings. The van der Waals surface area contributed by atoms with Crippen LogP contribution < -0.4 is 11.5 Å². The molecular weight excluding hydrogens is 256 g/mol. The van der Waals surface area contributed by atoms with E-state index in [-0.39, 0.29) is 17.7 Å². The minimum atomic E-state index is -0.261. The summed E-state index contributed by atoms with van der Waals surface area (Å²) in [5.41, 5.74) is 12.4. The Bertz CT molecular complexity index is 539. The Hall–Kier alpha value is -1.98. The highest BCUT2D eigenvalue weighted by atomic mass is 16.2. The number of hydrogen-bond acceptors (Lipinski definition) is 3. The van der Waals surface area contributed by atoms with Gasteiger partial charge in [-0.1, -0.05) is 0 Å². The first kappa shape index (κ1) is 13.0. The van der Waals surface area contributed by atoms with E-state index in [4.69, 9.17) is 11.5 Å². The van der Waals surface area contributed by atoms with Crippen molar-refractivity contribution in [2.24, 2.45) is 11.7 Å². The first-order valence-corrected chi connectivity index (χ1v) is 7.12. The van der Waals surface area contributed by atoms with Crippen LogP contribution in [0.15, 0.2) is 12.3 Å². The SMILES string of the molecule is NC(=O)C1CCN(C(=O)c2cc(N)cn2C2CC2)CC1. The normalized spacial score (nSPS) is 20.1. The molecule has 4 N–H and O–H groups in total. The fourth-order valence-electron chi connectivity index (χ4n) is 2.86. The molecule has 20 heavy (non-hydrogen) atoms. The Kier molecular flexibility index (Phi) is 3.16. The number of nitrogens with two attached hydrogens (primary N) is 2. The zero-order valence-electron chi connectivity index (χ0n) is 11.4. The number of nitrogens with zero attached hydrogens (tertiary/aromatic N) is 2. The molecule has 6 nitrogen and oxygen atoms in total. The van der Waals surface area contributed by atoms with Crippen LogP contribution >= 0.6 is 0 Å². The zero-order valence-corrected chi connectivity index (χ0v) is 11.4. The minimum Gasteiger partial charge on any atom is -0.397 e. The molecule has 108 valence electrons. The lowest BCUT2D eigenvalue weighted by molar-refractivity contribution is -0.123. The van der Waals surface area contributed by atoms with Gasteiger partial charge in [0.2, 0.25) is 5.91 Å². The molecule has 1 aliphatic carbocycles. The number of piperidine rings is 1. The third kappa shape index (κ3) is 2.37. The molecule has 2 amide bonds. The van der Waals surface area contributed by atoms with Crippen LogP contribution in [0.1, 0.15) is 42.2 Å². The number of hydrogen-bond donors (Lipinski definition) is 2. The molecule has 0 aromatic carbocycles. The highest BCUT2D eigenvalue weighted by Crippen LogP contribution is 2.37. The van der Waals surface area contributed by atoms with Crippen molar-refractivity contribution < 1.29 is 9.59 Å². The van der Waals surface area contributed by atoms with E-state index in [2.05, 4.69) is 0 Å². The molecular formula is C14H20N4O2. The topological polar surface area (TPSA) is 94.3 Å². The summed E-state index contributed by atoms with van der Waals surface area (Å²) in [4.78, 5) is 25.5. The largest absolute Gasteiger partial charge is 0.397 e. The van der Waals surface area contributed by atoms with Crippen LogP contribution in [0.2, 0.25) is 0 Å². The van der Waals surface area contributed by atoms with Crippen molar-refractivity contribution in [2.45, 2.75) is 31.7 Å². The van der Waals surface area contributed by atoms with Crippen molar-refractivity contribution in [3.8, 4) is 0 Å². The van der Waals surface area contributed by atoms with Crippen LogP contribution in [0.3, 0.4) is 0 Å². The molecule has 1 aromatic heterocycles. The van der Waals surface area contributed by atoms with Gasteiger partial charge >= 0.3 is 0 Å². The van der Waals surface area contributed by atoms with Crippen molar-refractivity contribution in [2.75, 3.05) is 18.8 Å². The van der Waals surface area contributed by atoms with Crippen LogP contribution in [0.5, 0.6) is 0 Å². The molecule has 0 spiro atoms. The summed E-state index contributed by atoms with van der Waals surface area (Å²) >= 11 is 0. The smallest absolute Gasteiger partial charge is 0.270 e. The molecule has 0 bridgehead atoms. The highest BCUT2D eigenvalue weighted by molar-refractivity contribution is 5.94. The van der Waals surface area contributed by atoms with Crippen LogP contribution in [0.4, 0.5) is 5.69 Å². The number of carbonyl (C=O) groups excluding carboxylic acids is 2.